The van der Waals surface area contributed by atoms with Crippen molar-refractivity contribution in [2.45, 2.75) is 0 Å². The molecule has 0 fully saturated rings. The van der Waals surface area contributed by atoms with Gasteiger partial charge in [-0.1, -0.05) is 15.9 Å². The Balaban J connectivity index is 2.11. The van der Waals surface area contributed by atoms with Gasteiger partial charge in [-0.05, 0) is 42.5 Å². The zero-order chi connectivity index (χ0) is 13.4. The van der Waals surface area contributed by atoms with Gasteiger partial charge < -0.3 is 9.52 Å². The molecule has 0 atom stereocenters. The van der Waals surface area contributed by atoms with Crippen molar-refractivity contribution in [3.63, 3.8) is 0 Å². The van der Waals surface area contributed by atoms with Gasteiger partial charge in [0.25, 0.3) is 0 Å². The first kappa shape index (κ1) is 11.9. The number of oxazole rings is 1. The SMILES string of the molecule is O=C(O)c1ccc2oc(-c3ccc(Br)cc3)nc2c1. The fourth-order valence-electron chi connectivity index (χ4n) is 1.78. The van der Waals surface area contributed by atoms with Crippen LogP contribution in [0.5, 0.6) is 0 Å². The van der Waals surface area contributed by atoms with Crippen molar-refractivity contribution < 1.29 is 14.3 Å². The Labute approximate surface area is 116 Å². The second kappa shape index (κ2) is 4.51. The molecule has 1 aromatic heterocycles. The molecule has 0 aliphatic heterocycles. The molecule has 3 rings (SSSR count). The first-order valence-electron chi connectivity index (χ1n) is 5.53. The standard InChI is InChI=1S/C14H8BrNO3/c15-10-4-1-8(2-5-10)13-16-11-7-9(14(17)18)3-6-12(11)19-13/h1-7H,(H,17,18). The van der Waals surface area contributed by atoms with E-state index in [4.69, 9.17) is 9.52 Å². The van der Waals surface area contributed by atoms with Crippen molar-refractivity contribution in [3.05, 3.63) is 52.5 Å². The monoisotopic (exact) mass is 317 g/mol. The maximum absolute atomic E-state index is 10.9. The predicted molar refractivity (Wildman–Crippen MR) is 74.1 cm³/mol. The second-order valence-corrected chi connectivity index (χ2v) is 4.93. The van der Waals surface area contributed by atoms with Crippen LogP contribution in [0.25, 0.3) is 22.6 Å². The Bertz CT molecular complexity index is 762. The number of fused-ring (bicyclic) bond motifs is 1. The second-order valence-electron chi connectivity index (χ2n) is 4.01. The lowest BCUT2D eigenvalue weighted by Gasteiger charge is -1.94. The van der Waals surface area contributed by atoms with Crippen LogP contribution < -0.4 is 0 Å². The molecule has 0 amide bonds. The van der Waals surface area contributed by atoms with E-state index in [0.29, 0.717) is 17.0 Å². The molecule has 0 aliphatic carbocycles. The first-order valence-corrected chi connectivity index (χ1v) is 6.32. The number of carbonyl (C=O) groups is 1. The average molecular weight is 318 g/mol. The van der Waals surface area contributed by atoms with Crippen LogP contribution in [0, 0.1) is 0 Å². The van der Waals surface area contributed by atoms with Crippen LogP contribution in [0.2, 0.25) is 0 Å². The molecular weight excluding hydrogens is 310 g/mol. The van der Waals surface area contributed by atoms with Crippen molar-refractivity contribution in [2.75, 3.05) is 0 Å². The Kier molecular flexibility index (Phi) is 2.83. The topological polar surface area (TPSA) is 63.3 Å². The van der Waals surface area contributed by atoms with E-state index in [1.54, 1.807) is 6.07 Å². The fraction of sp³-hybridized carbons (Fsp3) is 0. The molecule has 0 saturated carbocycles. The van der Waals surface area contributed by atoms with Crippen LogP contribution in [0.3, 0.4) is 0 Å². The average Bonchev–Trinajstić information content (AvgIpc) is 2.82. The molecule has 4 nitrogen and oxygen atoms in total. The summed E-state index contributed by atoms with van der Waals surface area (Å²) >= 11 is 3.36. The molecule has 0 spiro atoms. The van der Waals surface area contributed by atoms with E-state index in [1.807, 2.05) is 24.3 Å². The number of hydrogen-bond donors (Lipinski definition) is 1. The van der Waals surface area contributed by atoms with Gasteiger partial charge in [0.15, 0.2) is 5.58 Å². The lowest BCUT2D eigenvalue weighted by atomic mass is 10.2. The zero-order valence-corrected chi connectivity index (χ0v) is 11.2. The van der Waals surface area contributed by atoms with Crippen molar-refractivity contribution in [1.82, 2.24) is 4.98 Å². The molecular formula is C14H8BrNO3. The van der Waals surface area contributed by atoms with Crippen molar-refractivity contribution in [2.24, 2.45) is 0 Å². The van der Waals surface area contributed by atoms with Crippen LogP contribution in [0.1, 0.15) is 10.4 Å². The lowest BCUT2D eigenvalue weighted by molar-refractivity contribution is 0.0697. The number of hydrogen-bond acceptors (Lipinski definition) is 3. The summed E-state index contributed by atoms with van der Waals surface area (Å²) in [4.78, 5) is 15.2. The van der Waals surface area contributed by atoms with Crippen molar-refractivity contribution >= 4 is 33.0 Å². The summed E-state index contributed by atoms with van der Waals surface area (Å²) in [7, 11) is 0. The van der Waals surface area contributed by atoms with Crippen LogP contribution >= 0.6 is 15.9 Å². The third-order valence-electron chi connectivity index (χ3n) is 2.73. The third-order valence-corrected chi connectivity index (χ3v) is 3.25. The van der Waals surface area contributed by atoms with E-state index >= 15 is 0 Å². The molecule has 19 heavy (non-hydrogen) atoms. The van der Waals surface area contributed by atoms with Crippen LogP contribution in [-0.2, 0) is 0 Å². The third kappa shape index (κ3) is 2.24. The number of aromatic carboxylic acids is 1. The summed E-state index contributed by atoms with van der Waals surface area (Å²) in [5.74, 6) is -0.500. The number of benzene rings is 2. The van der Waals surface area contributed by atoms with Crippen LogP contribution in [0.4, 0.5) is 0 Å². The molecule has 0 aliphatic rings. The minimum absolute atomic E-state index is 0.197. The van der Waals surface area contributed by atoms with Gasteiger partial charge in [0, 0.05) is 10.0 Å². The lowest BCUT2D eigenvalue weighted by Crippen LogP contribution is -1.94. The largest absolute Gasteiger partial charge is 0.478 e. The van der Waals surface area contributed by atoms with E-state index in [1.165, 1.54) is 12.1 Å². The van der Waals surface area contributed by atoms with Crippen molar-refractivity contribution in [3.8, 4) is 11.5 Å². The van der Waals surface area contributed by atoms with E-state index in [-0.39, 0.29) is 5.56 Å². The Hall–Kier alpha value is -2.14. The van der Waals surface area contributed by atoms with Gasteiger partial charge in [0.05, 0.1) is 5.56 Å². The van der Waals surface area contributed by atoms with Crippen LogP contribution in [-0.4, -0.2) is 16.1 Å². The highest BCUT2D eigenvalue weighted by Gasteiger charge is 2.10. The van der Waals surface area contributed by atoms with E-state index in [2.05, 4.69) is 20.9 Å². The molecule has 0 bridgehead atoms. The first-order chi connectivity index (χ1) is 9.13. The van der Waals surface area contributed by atoms with E-state index in [0.717, 1.165) is 10.0 Å². The number of rotatable bonds is 2. The van der Waals surface area contributed by atoms with Gasteiger partial charge in [-0.3, -0.25) is 0 Å². The molecule has 3 aromatic rings. The number of nitrogens with zero attached hydrogens (tertiary/aromatic N) is 1. The summed E-state index contributed by atoms with van der Waals surface area (Å²) in [5.41, 5.74) is 2.15. The van der Waals surface area contributed by atoms with Crippen molar-refractivity contribution in [1.29, 1.82) is 0 Å². The highest BCUT2D eigenvalue weighted by atomic mass is 79.9. The Morgan fingerprint density at radius 3 is 2.58 bits per heavy atom. The van der Waals surface area contributed by atoms with Crippen LogP contribution in [0.15, 0.2) is 51.4 Å². The van der Waals surface area contributed by atoms with Gasteiger partial charge in [-0.2, -0.15) is 0 Å². The molecule has 0 radical (unpaired) electrons. The van der Waals surface area contributed by atoms with Gasteiger partial charge in [0.2, 0.25) is 5.89 Å². The minimum atomic E-state index is -0.977. The van der Waals surface area contributed by atoms with Gasteiger partial charge in [-0.15, -0.1) is 0 Å². The molecule has 5 heteroatoms. The summed E-state index contributed by atoms with van der Waals surface area (Å²) in [6.07, 6.45) is 0. The molecule has 94 valence electrons. The Morgan fingerprint density at radius 2 is 1.89 bits per heavy atom. The maximum Gasteiger partial charge on any atom is 0.335 e. The fourth-order valence-corrected chi connectivity index (χ4v) is 2.04. The Morgan fingerprint density at radius 1 is 1.16 bits per heavy atom. The number of carboxylic acids is 1. The molecule has 1 N–H and O–H groups in total. The van der Waals surface area contributed by atoms with E-state index in [9.17, 15) is 4.79 Å². The number of carboxylic acid groups (broad SMARTS) is 1. The van der Waals surface area contributed by atoms with Gasteiger partial charge in [-0.25, -0.2) is 9.78 Å². The highest BCUT2D eigenvalue weighted by molar-refractivity contribution is 9.10. The highest BCUT2D eigenvalue weighted by Crippen LogP contribution is 2.26. The summed E-state index contributed by atoms with van der Waals surface area (Å²) in [6.45, 7) is 0. The molecule has 2 aromatic carbocycles. The molecule has 0 unspecified atom stereocenters. The van der Waals surface area contributed by atoms with Gasteiger partial charge >= 0.3 is 5.97 Å². The quantitative estimate of drug-likeness (QED) is 0.777. The molecule has 1 heterocycles. The predicted octanol–water partition coefficient (Wildman–Crippen LogP) is 3.96. The number of aromatic nitrogens is 1. The minimum Gasteiger partial charge on any atom is -0.478 e. The smallest absolute Gasteiger partial charge is 0.335 e. The molecule has 0 saturated heterocycles. The van der Waals surface area contributed by atoms with Gasteiger partial charge in [0.1, 0.15) is 5.52 Å². The van der Waals surface area contributed by atoms with E-state index < -0.39 is 5.97 Å². The normalized spacial score (nSPS) is 10.8. The zero-order valence-electron chi connectivity index (χ0n) is 9.63. The summed E-state index contributed by atoms with van der Waals surface area (Å²) in [5, 5.41) is 8.94. The maximum atomic E-state index is 10.9. The summed E-state index contributed by atoms with van der Waals surface area (Å²) in [6, 6.07) is 12.2. The summed E-state index contributed by atoms with van der Waals surface area (Å²) < 4.78 is 6.58. The number of halogens is 1.